The summed E-state index contributed by atoms with van der Waals surface area (Å²) in [4.78, 5) is 27.3. The van der Waals surface area contributed by atoms with Crippen molar-refractivity contribution in [2.75, 3.05) is 14.2 Å². The summed E-state index contributed by atoms with van der Waals surface area (Å²) < 4.78 is 6.63. The lowest BCUT2D eigenvalue weighted by molar-refractivity contribution is 0.0778. The third kappa shape index (κ3) is 3.84. The third-order valence-corrected chi connectivity index (χ3v) is 4.41. The number of rotatable bonds is 6. The Hall–Kier alpha value is -3.15. The van der Waals surface area contributed by atoms with Crippen LogP contribution in [0.4, 0.5) is 0 Å². The number of methoxy groups -OCH3 is 1. The van der Waals surface area contributed by atoms with E-state index in [0.29, 0.717) is 29.6 Å². The molecule has 0 aliphatic heterocycles. The molecule has 6 nitrogen and oxygen atoms in total. The van der Waals surface area contributed by atoms with Gasteiger partial charge in [0.05, 0.1) is 12.5 Å². The van der Waals surface area contributed by atoms with E-state index in [4.69, 9.17) is 4.74 Å². The zero-order valence-electron chi connectivity index (χ0n) is 15.8. The molecular formula is C21H23N3O3. The molecule has 3 aromatic rings. The Morgan fingerprint density at radius 2 is 1.89 bits per heavy atom. The van der Waals surface area contributed by atoms with Crippen LogP contribution in [-0.2, 0) is 13.1 Å². The van der Waals surface area contributed by atoms with E-state index in [2.05, 4.69) is 5.10 Å². The molecule has 3 rings (SSSR count). The molecule has 1 aromatic heterocycles. The minimum absolute atomic E-state index is 0.167. The predicted octanol–water partition coefficient (Wildman–Crippen LogP) is 3.09. The number of carbonyl (C=O) groups excluding carboxylic acids is 1. The first-order chi connectivity index (χ1) is 13.0. The van der Waals surface area contributed by atoms with Gasteiger partial charge in [-0.1, -0.05) is 37.3 Å². The first kappa shape index (κ1) is 18.6. The number of benzene rings is 2. The molecule has 0 bridgehead atoms. The van der Waals surface area contributed by atoms with Crippen molar-refractivity contribution in [3.05, 3.63) is 70.1 Å². The Morgan fingerprint density at radius 3 is 2.59 bits per heavy atom. The minimum atomic E-state index is -0.223. The number of ether oxygens (including phenoxy) is 1. The molecule has 140 valence electrons. The van der Waals surface area contributed by atoms with E-state index in [-0.39, 0.29) is 11.5 Å². The van der Waals surface area contributed by atoms with Crippen LogP contribution in [-0.4, -0.2) is 34.7 Å². The number of carbonyl (C=O) groups is 1. The molecule has 0 saturated heterocycles. The predicted molar refractivity (Wildman–Crippen MR) is 105 cm³/mol. The van der Waals surface area contributed by atoms with Crippen molar-refractivity contribution < 1.29 is 9.53 Å². The van der Waals surface area contributed by atoms with Gasteiger partial charge in [0.15, 0.2) is 5.69 Å². The second kappa shape index (κ2) is 8.03. The Morgan fingerprint density at radius 1 is 1.15 bits per heavy atom. The van der Waals surface area contributed by atoms with Crippen molar-refractivity contribution in [3.8, 4) is 5.75 Å². The molecule has 0 aliphatic rings. The van der Waals surface area contributed by atoms with Gasteiger partial charge in [0.2, 0.25) is 0 Å². The lowest BCUT2D eigenvalue weighted by atomic mass is 10.1. The highest BCUT2D eigenvalue weighted by molar-refractivity contribution is 6.04. The topological polar surface area (TPSA) is 64.4 Å². The van der Waals surface area contributed by atoms with E-state index in [1.165, 1.54) is 4.68 Å². The molecule has 1 amide bonds. The van der Waals surface area contributed by atoms with Gasteiger partial charge in [-0.15, -0.1) is 0 Å². The van der Waals surface area contributed by atoms with Gasteiger partial charge >= 0.3 is 0 Å². The number of nitrogens with zero attached hydrogens (tertiary/aromatic N) is 3. The van der Waals surface area contributed by atoms with Crippen LogP contribution in [0.3, 0.4) is 0 Å². The van der Waals surface area contributed by atoms with E-state index < -0.39 is 0 Å². The Bertz CT molecular complexity index is 1030. The first-order valence-electron chi connectivity index (χ1n) is 8.93. The zero-order chi connectivity index (χ0) is 19.4. The largest absolute Gasteiger partial charge is 0.497 e. The lowest BCUT2D eigenvalue weighted by Crippen LogP contribution is -2.31. The maximum absolute atomic E-state index is 13.1. The Kier molecular flexibility index (Phi) is 5.54. The van der Waals surface area contributed by atoms with E-state index >= 15 is 0 Å². The highest BCUT2D eigenvalue weighted by Crippen LogP contribution is 2.18. The van der Waals surface area contributed by atoms with Crippen molar-refractivity contribution in [1.82, 2.24) is 14.7 Å². The van der Waals surface area contributed by atoms with Gasteiger partial charge < -0.3 is 9.64 Å². The van der Waals surface area contributed by atoms with Crippen molar-refractivity contribution in [2.24, 2.45) is 0 Å². The molecule has 0 fully saturated rings. The molecule has 0 aliphatic carbocycles. The fourth-order valence-electron chi connectivity index (χ4n) is 3.05. The van der Waals surface area contributed by atoms with E-state index in [1.54, 1.807) is 37.3 Å². The molecule has 0 radical (unpaired) electrons. The fraction of sp³-hybridized carbons (Fsp3) is 0.286. The molecule has 2 aromatic carbocycles. The van der Waals surface area contributed by atoms with Gasteiger partial charge in [-0.05, 0) is 30.2 Å². The molecular weight excluding hydrogens is 342 g/mol. The minimum Gasteiger partial charge on any atom is -0.497 e. The smallest absolute Gasteiger partial charge is 0.274 e. The summed E-state index contributed by atoms with van der Waals surface area (Å²) in [6.45, 7) is 2.86. The molecule has 0 saturated carbocycles. The summed E-state index contributed by atoms with van der Waals surface area (Å²) in [7, 11) is 3.34. The monoisotopic (exact) mass is 365 g/mol. The molecule has 0 unspecified atom stereocenters. The maximum Gasteiger partial charge on any atom is 0.274 e. The number of hydrogen-bond donors (Lipinski definition) is 0. The first-order valence-corrected chi connectivity index (χ1v) is 8.93. The summed E-state index contributed by atoms with van der Waals surface area (Å²) in [5.74, 6) is 0.521. The second-order valence-corrected chi connectivity index (χ2v) is 6.44. The van der Waals surface area contributed by atoms with E-state index in [1.807, 2.05) is 37.3 Å². The van der Waals surface area contributed by atoms with Crippen LogP contribution in [0.5, 0.6) is 5.75 Å². The molecule has 0 spiro atoms. The van der Waals surface area contributed by atoms with E-state index in [9.17, 15) is 9.59 Å². The SMILES string of the molecule is CCCn1nc(C(=O)N(C)Cc2cccc(OC)c2)c2ccccc2c1=O. The highest BCUT2D eigenvalue weighted by Gasteiger charge is 2.20. The molecule has 6 heteroatoms. The van der Waals surface area contributed by atoms with Crippen LogP contribution in [0.25, 0.3) is 10.8 Å². The maximum atomic E-state index is 13.1. The lowest BCUT2D eigenvalue weighted by Gasteiger charge is -2.19. The zero-order valence-corrected chi connectivity index (χ0v) is 15.8. The average Bonchev–Trinajstić information content (AvgIpc) is 2.70. The quantitative estimate of drug-likeness (QED) is 0.673. The van der Waals surface area contributed by atoms with Gasteiger partial charge in [0.1, 0.15) is 5.75 Å². The van der Waals surface area contributed by atoms with Crippen molar-refractivity contribution in [2.45, 2.75) is 26.4 Å². The Balaban J connectivity index is 1.99. The van der Waals surface area contributed by atoms with Gasteiger partial charge in [-0.25, -0.2) is 4.68 Å². The van der Waals surface area contributed by atoms with Crippen molar-refractivity contribution in [1.29, 1.82) is 0 Å². The third-order valence-electron chi connectivity index (χ3n) is 4.41. The molecule has 0 atom stereocenters. The van der Waals surface area contributed by atoms with E-state index in [0.717, 1.165) is 17.7 Å². The highest BCUT2D eigenvalue weighted by atomic mass is 16.5. The standard InChI is InChI=1S/C21H23N3O3/c1-4-12-24-20(25)18-11-6-5-10-17(18)19(22-24)21(26)23(2)14-15-8-7-9-16(13-15)27-3/h5-11,13H,4,12,14H2,1-3H3. The summed E-state index contributed by atoms with van der Waals surface area (Å²) >= 11 is 0. The van der Waals surface area contributed by atoms with Gasteiger partial charge in [-0.2, -0.15) is 5.10 Å². The average molecular weight is 365 g/mol. The number of fused-ring (bicyclic) bond motifs is 1. The summed E-state index contributed by atoms with van der Waals surface area (Å²) in [5.41, 5.74) is 1.08. The summed E-state index contributed by atoms with van der Waals surface area (Å²) in [5, 5.41) is 5.47. The van der Waals surface area contributed by atoms with Crippen LogP contribution in [0.15, 0.2) is 53.3 Å². The summed E-state index contributed by atoms with van der Waals surface area (Å²) in [6.07, 6.45) is 0.762. The number of aryl methyl sites for hydroxylation is 1. The van der Waals surface area contributed by atoms with Gasteiger partial charge in [0.25, 0.3) is 11.5 Å². The Labute approximate surface area is 158 Å². The molecule has 27 heavy (non-hydrogen) atoms. The summed E-state index contributed by atoms with van der Waals surface area (Å²) in [6, 6.07) is 14.7. The van der Waals surface area contributed by atoms with Gasteiger partial charge in [-0.3, -0.25) is 9.59 Å². The fourth-order valence-corrected chi connectivity index (χ4v) is 3.05. The van der Waals surface area contributed by atoms with Crippen LogP contribution in [0.2, 0.25) is 0 Å². The molecule has 1 heterocycles. The van der Waals surface area contributed by atoms with Crippen LogP contribution in [0.1, 0.15) is 29.4 Å². The van der Waals surface area contributed by atoms with Crippen LogP contribution < -0.4 is 10.3 Å². The van der Waals surface area contributed by atoms with Crippen LogP contribution in [0, 0.1) is 0 Å². The molecule has 0 N–H and O–H groups in total. The number of hydrogen-bond acceptors (Lipinski definition) is 4. The second-order valence-electron chi connectivity index (χ2n) is 6.44. The van der Waals surface area contributed by atoms with Crippen molar-refractivity contribution >= 4 is 16.7 Å². The van der Waals surface area contributed by atoms with Crippen LogP contribution >= 0.6 is 0 Å². The van der Waals surface area contributed by atoms with Crippen molar-refractivity contribution in [3.63, 3.8) is 0 Å². The van der Waals surface area contributed by atoms with Gasteiger partial charge in [0, 0.05) is 25.5 Å². The number of aromatic nitrogens is 2. The normalized spacial score (nSPS) is 10.8. The number of amides is 1.